The van der Waals surface area contributed by atoms with Crippen molar-refractivity contribution in [2.75, 3.05) is 13.7 Å². The number of methoxy groups -OCH3 is 1. The van der Waals surface area contributed by atoms with Gasteiger partial charge in [-0.15, -0.1) is 0 Å². The van der Waals surface area contributed by atoms with E-state index in [2.05, 4.69) is 19.6 Å². The van der Waals surface area contributed by atoms with Crippen molar-refractivity contribution in [3.05, 3.63) is 17.5 Å². The van der Waals surface area contributed by atoms with E-state index in [-0.39, 0.29) is 36.6 Å². The molecule has 0 spiro atoms. The van der Waals surface area contributed by atoms with Crippen molar-refractivity contribution in [2.45, 2.75) is 103 Å². The van der Waals surface area contributed by atoms with Gasteiger partial charge in [0.1, 0.15) is 18.1 Å². The van der Waals surface area contributed by atoms with Crippen molar-refractivity contribution < 1.29 is 28.4 Å². The molecule has 0 radical (unpaired) electrons. The predicted octanol–water partition coefficient (Wildman–Crippen LogP) is 3.76. The van der Waals surface area contributed by atoms with E-state index in [9.17, 15) is 9.59 Å². The molecule has 0 unspecified atom stereocenters. The Bertz CT molecular complexity index is 980. The molecule has 2 bridgehead atoms. The second-order valence-electron chi connectivity index (χ2n) is 12.5. The normalized spacial score (nSPS) is 30.1. The van der Waals surface area contributed by atoms with Crippen LogP contribution in [0.5, 0.6) is 0 Å². The Hall–Kier alpha value is -1.26. The Morgan fingerprint density at radius 1 is 1.15 bits per heavy atom. The average Bonchev–Trinajstić information content (AvgIpc) is 3.20. The number of nitrogens with zero attached hydrogens (tertiary/aromatic N) is 1. The largest absolute Gasteiger partial charge is 0.496 e. The van der Waals surface area contributed by atoms with Gasteiger partial charge in [0, 0.05) is 45.8 Å². The lowest BCUT2D eigenvalue weighted by molar-refractivity contribution is -0.133. The number of carbonyl (C=O) groups is 2. The maximum absolute atomic E-state index is 13.9. The van der Waals surface area contributed by atoms with E-state index in [4.69, 9.17) is 18.8 Å². The van der Waals surface area contributed by atoms with Gasteiger partial charge in [-0.3, -0.25) is 9.59 Å². The number of fused-ring (bicyclic) bond motifs is 4. The number of aromatic nitrogens is 1. The summed E-state index contributed by atoms with van der Waals surface area (Å²) in [5.41, 5.74) is 0.142. The highest BCUT2D eigenvalue weighted by Crippen LogP contribution is 2.49. The third kappa shape index (κ3) is 4.17. The van der Waals surface area contributed by atoms with Crippen LogP contribution < -0.4 is 5.46 Å². The van der Waals surface area contributed by atoms with Gasteiger partial charge in [-0.1, -0.05) is 26.6 Å². The van der Waals surface area contributed by atoms with Crippen molar-refractivity contribution in [1.29, 1.82) is 0 Å². The van der Waals surface area contributed by atoms with Crippen LogP contribution in [0.1, 0.15) is 69.4 Å². The third-order valence-corrected chi connectivity index (χ3v) is 10.1. The highest BCUT2D eigenvalue weighted by atomic mass is 28.3. The number of ketones is 2. The number of hydrogen-bond donors (Lipinski definition) is 0. The summed E-state index contributed by atoms with van der Waals surface area (Å²) in [6.45, 7) is 17.9. The summed E-state index contributed by atoms with van der Waals surface area (Å²) in [5.74, 6) is -0.416. The number of rotatable bonds is 7. The highest BCUT2D eigenvalue weighted by molar-refractivity contribution is 6.76. The molecule has 3 aliphatic rings. The molecule has 1 aromatic rings. The summed E-state index contributed by atoms with van der Waals surface area (Å²) in [4.78, 5) is 26.9. The van der Waals surface area contributed by atoms with Crippen LogP contribution in [0.25, 0.3) is 0 Å². The van der Waals surface area contributed by atoms with Crippen LogP contribution in [0, 0.1) is 5.92 Å². The highest BCUT2D eigenvalue weighted by Gasteiger charge is 2.59. The van der Waals surface area contributed by atoms with Gasteiger partial charge >= 0.3 is 7.12 Å². The molecule has 1 aromatic heterocycles. The van der Waals surface area contributed by atoms with E-state index in [1.807, 2.05) is 45.4 Å². The first-order valence-electron chi connectivity index (χ1n) is 12.4. The molecule has 9 heteroatoms. The zero-order valence-corrected chi connectivity index (χ0v) is 23.2. The number of ether oxygens (including phenoxy) is 2. The number of hydrogen-bond acceptors (Lipinski definition) is 6. The van der Waals surface area contributed by atoms with E-state index in [0.717, 1.165) is 17.1 Å². The molecule has 2 heterocycles. The van der Waals surface area contributed by atoms with Gasteiger partial charge in [0.25, 0.3) is 0 Å². The predicted molar refractivity (Wildman–Crippen MR) is 134 cm³/mol. The standard InChI is InChI=1S/C25H40BNO6Si/c1-16-17-12-25(30-6,13-19(16)28)22(29)21-20(17)18(26-32-23(2,3)24(4,5)33-26)14-27(21)15-31-10-11-34(7,8)9/h14,16-17H,10-13,15H2,1-9H3/t16-,17-,25-/m0/s1. The first-order valence-corrected chi connectivity index (χ1v) is 16.1. The lowest BCUT2D eigenvalue weighted by atomic mass is 9.59. The van der Waals surface area contributed by atoms with E-state index in [1.54, 1.807) is 0 Å². The van der Waals surface area contributed by atoms with Crippen LogP contribution >= 0.6 is 0 Å². The first-order chi connectivity index (χ1) is 15.6. The molecule has 2 aliphatic carbocycles. The second-order valence-corrected chi connectivity index (χ2v) is 18.1. The van der Waals surface area contributed by atoms with Gasteiger partial charge in [0.15, 0.2) is 0 Å². The Morgan fingerprint density at radius 3 is 2.32 bits per heavy atom. The summed E-state index contributed by atoms with van der Waals surface area (Å²) in [5, 5.41) is 0. The lowest BCUT2D eigenvalue weighted by Gasteiger charge is -2.45. The number of carbonyl (C=O) groups excluding carboxylic acids is 2. The summed E-state index contributed by atoms with van der Waals surface area (Å²) in [6, 6.07) is 1.05. The molecule has 0 aromatic carbocycles. The third-order valence-electron chi connectivity index (χ3n) is 8.39. The van der Waals surface area contributed by atoms with Crippen molar-refractivity contribution in [1.82, 2.24) is 4.57 Å². The van der Waals surface area contributed by atoms with Crippen molar-refractivity contribution in [2.24, 2.45) is 5.92 Å². The van der Waals surface area contributed by atoms with E-state index in [0.29, 0.717) is 18.7 Å². The molecule has 3 atom stereocenters. The lowest BCUT2D eigenvalue weighted by Crippen LogP contribution is -2.55. The molecule has 7 nitrogen and oxygen atoms in total. The molecule has 4 rings (SSSR count). The molecule has 188 valence electrons. The molecule has 1 aliphatic heterocycles. The molecule has 0 amide bonds. The van der Waals surface area contributed by atoms with Gasteiger partial charge in [0.2, 0.25) is 5.78 Å². The van der Waals surface area contributed by atoms with Crippen molar-refractivity contribution in [3.8, 4) is 0 Å². The maximum Gasteiger partial charge on any atom is 0.496 e. The molecular formula is C25H40BNO6Si. The van der Waals surface area contributed by atoms with E-state index < -0.39 is 32.0 Å². The van der Waals surface area contributed by atoms with E-state index in [1.165, 1.54) is 7.11 Å². The fourth-order valence-electron chi connectivity index (χ4n) is 5.30. The van der Waals surface area contributed by atoms with Crippen LogP contribution in [0.2, 0.25) is 25.7 Å². The molecule has 1 saturated heterocycles. The Kier molecular flexibility index (Phi) is 6.38. The van der Waals surface area contributed by atoms with Crippen LogP contribution in [0.3, 0.4) is 0 Å². The molecular weight excluding hydrogens is 449 g/mol. The second kappa shape index (κ2) is 8.40. The van der Waals surface area contributed by atoms with Gasteiger partial charge < -0.3 is 23.3 Å². The topological polar surface area (TPSA) is 76.0 Å². The molecule has 2 fully saturated rings. The summed E-state index contributed by atoms with van der Waals surface area (Å²) >= 11 is 0. The smallest absolute Gasteiger partial charge is 0.399 e. The Morgan fingerprint density at radius 2 is 1.76 bits per heavy atom. The number of Topliss-reactive ketones (excluding diaryl/α,β-unsaturated/α-hetero) is 2. The Balaban J connectivity index is 1.78. The fourth-order valence-corrected chi connectivity index (χ4v) is 6.05. The zero-order chi connectivity index (χ0) is 25.3. The summed E-state index contributed by atoms with van der Waals surface area (Å²) < 4.78 is 26.5. The quantitative estimate of drug-likeness (QED) is 0.429. The minimum atomic E-state index is -1.24. The fraction of sp³-hybridized carbons (Fsp3) is 0.760. The van der Waals surface area contributed by atoms with Crippen LogP contribution in [0.4, 0.5) is 0 Å². The first kappa shape index (κ1) is 25.8. The molecule has 1 saturated carbocycles. The van der Waals surface area contributed by atoms with Gasteiger partial charge in [-0.25, -0.2) is 0 Å². The molecule has 0 N–H and O–H groups in total. The van der Waals surface area contributed by atoms with Crippen molar-refractivity contribution in [3.63, 3.8) is 0 Å². The summed E-state index contributed by atoms with van der Waals surface area (Å²) in [7, 11) is -0.316. The maximum atomic E-state index is 13.9. The van der Waals surface area contributed by atoms with Crippen LogP contribution in [-0.2, 0) is 30.3 Å². The van der Waals surface area contributed by atoms with Gasteiger partial charge in [0.05, 0.1) is 16.9 Å². The minimum absolute atomic E-state index is 0.0658. The van der Waals surface area contributed by atoms with Gasteiger partial charge in [-0.05, 0) is 51.6 Å². The molecule has 34 heavy (non-hydrogen) atoms. The average molecular weight is 489 g/mol. The van der Waals surface area contributed by atoms with E-state index >= 15 is 0 Å². The SMILES string of the molecule is CO[C@]12CC(=O)[C@@H](C)[C@H](C1)c1c(B3OC(C)(C)C(C)(C)O3)cn(COCC[Si](C)(C)C)c1C2=O. The minimum Gasteiger partial charge on any atom is -0.399 e. The zero-order valence-electron chi connectivity index (χ0n) is 22.2. The summed E-state index contributed by atoms with van der Waals surface area (Å²) in [6.07, 6.45) is 2.56. The van der Waals surface area contributed by atoms with Crippen LogP contribution in [0.15, 0.2) is 6.20 Å². The Labute approximate surface area is 205 Å². The van der Waals surface area contributed by atoms with Crippen LogP contribution in [-0.4, -0.2) is 61.8 Å². The van der Waals surface area contributed by atoms with Crippen molar-refractivity contribution >= 4 is 32.2 Å². The van der Waals surface area contributed by atoms with Gasteiger partial charge in [-0.2, -0.15) is 0 Å². The monoisotopic (exact) mass is 489 g/mol.